The van der Waals surface area contributed by atoms with Crippen molar-refractivity contribution in [1.29, 1.82) is 0 Å². The van der Waals surface area contributed by atoms with E-state index in [0.717, 1.165) is 31.7 Å². The molecule has 1 heterocycles. The van der Waals surface area contributed by atoms with Crippen LogP contribution in [-0.4, -0.2) is 37.0 Å². The molecule has 1 aliphatic heterocycles. The van der Waals surface area contributed by atoms with Crippen LogP contribution < -0.4 is 10.2 Å². The average molecular weight is 274 g/mol. The molecule has 0 radical (unpaired) electrons. The Morgan fingerprint density at radius 3 is 2.63 bits per heavy atom. The van der Waals surface area contributed by atoms with Crippen molar-refractivity contribution in [2.24, 2.45) is 0 Å². The van der Waals surface area contributed by atoms with Crippen LogP contribution in [0, 0.1) is 11.8 Å². The molecule has 0 aliphatic carbocycles. The second-order valence-corrected chi connectivity index (χ2v) is 5.52. The molecule has 0 atom stereocenters. The average Bonchev–Trinajstić information content (AvgIpc) is 2.45. The topological polar surface area (TPSA) is 32.3 Å². The molecule has 3 nitrogen and oxygen atoms in total. The van der Waals surface area contributed by atoms with Crippen LogP contribution in [0.3, 0.4) is 0 Å². The third-order valence-corrected chi connectivity index (χ3v) is 3.62. The maximum absolute atomic E-state index is 10.8. The zero-order chi connectivity index (χ0) is 13.5. The molecular formula is C15H18N2OS. The van der Waals surface area contributed by atoms with Crippen LogP contribution in [0.25, 0.3) is 0 Å². The Labute approximate surface area is 118 Å². The summed E-state index contributed by atoms with van der Waals surface area (Å²) < 4.78 is 0. The van der Waals surface area contributed by atoms with Crippen LogP contribution in [0.15, 0.2) is 24.3 Å². The molecule has 1 aromatic rings. The molecule has 0 bridgehead atoms. The molecule has 0 amide bonds. The van der Waals surface area contributed by atoms with Gasteiger partial charge in [0.2, 0.25) is 0 Å². The monoisotopic (exact) mass is 274 g/mol. The van der Waals surface area contributed by atoms with Gasteiger partial charge in [0.15, 0.2) is 5.12 Å². The highest BCUT2D eigenvalue weighted by Crippen LogP contribution is 2.15. The van der Waals surface area contributed by atoms with Crippen molar-refractivity contribution >= 4 is 22.6 Å². The zero-order valence-electron chi connectivity index (χ0n) is 11.1. The number of hydrogen-bond donors (Lipinski definition) is 1. The lowest BCUT2D eigenvalue weighted by Gasteiger charge is -2.29. The molecule has 0 saturated carbocycles. The van der Waals surface area contributed by atoms with Crippen LogP contribution in [0.4, 0.5) is 5.69 Å². The third-order valence-electron chi connectivity index (χ3n) is 2.93. The van der Waals surface area contributed by atoms with Gasteiger partial charge in [0.05, 0.1) is 5.75 Å². The predicted molar refractivity (Wildman–Crippen MR) is 81.5 cm³/mol. The Balaban J connectivity index is 1.92. The third kappa shape index (κ3) is 4.62. The first-order valence-corrected chi connectivity index (χ1v) is 7.42. The lowest BCUT2D eigenvalue weighted by Crippen LogP contribution is -2.43. The van der Waals surface area contributed by atoms with Crippen molar-refractivity contribution < 1.29 is 4.79 Å². The number of thioether (sulfide) groups is 1. The van der Waals surface area contributed by atoms with Gasteiger partial charge in [0.25, 0.3) is 0 Å². The molecule has 1 aliphatic rings. The maximum Gasteiger partial charge on any atom is 0.186 e. The molecule has 1 N–H and O–H groups in total. The number of carbonyl (C=O) groups is 1. The predicted octanol–water partition coefficient (Wildman–Crippen LogP) is 1.73. The molecule has 0 spiro atoms. The summed E-state index contributed by atoms with van der Waals surface area (Å²) in [5.41, 5.74) is 2.26. The van der Waals surface area contributed by atoms with Gasteiger partial charge in [-0.2, -0.15) is 0 Å². The summed E-state index contributed by atoms with van der Waals surface area (Å²) in [7, 11) is 0. The quantitative estimate of drug-likeness (QED) is 0.833. The van der Waals surface area contributed by atoms with Gasteiger partial charge in [-0.25, -0.2) is 0 Å². The molecule has 4 heteroatoms. The zero-order valence-corrected chi connectivity index (χ0v) is 11.9. The van der Waals surface area contributed by atoms with Gasteiger partial charge in [-0.05, 0) is 24.3 Å². The first-order chi connectivity index (χ1) is 9.25. The molecule has 1 aromatic carbocycles. The van der Waals surface area contributed by atoms with E-state index in [0.29, 0.717) is 5.75 Å². The fourth-order valence-corrected chi connectivity index (χ4v) is 2.30. The van der Waals surface area contributed by atoms with Crippen molar-refractivity contribution in [2.75, 3.05) is 36.8 Å². The number of anilines is 1. The number of piperazine rings is 1. The van der Waals surface area contributed by atoms with Gasteiger partial charge >= 0.3 is 0 Å². The Kier molecular flexibility index (Phi) is 5.31. The SMILES string of the molecule is CC(=O)SCC#Cc1ccc(N2CCNCC2)cc1. The van der Waals surface area contributed by atoms with Gasteiger partial charge in [0.1, 0.15) is 0 Å². The lowest BCUT2D eigenvalue weighted by molar-refractivity contribution is -0.109. The van der Waals surface area contributed by atoms with Crippen LogP contribution in [0.5, 0.6) is 0 Å². The van der Waals surface area contributed by atoms with Crippen molar-refractivity contribution in [3.05, 3.63) is 29.8 Å². The van der Waals surface area contributed by atoms with Gasteiger partial charge in [0, 0.05) is 44.4 Å². The number of carbonyl (C=O) groups excluding carboxylic acids is 1. The van der Waals surface area contributed by atoms with E-state index in [1.807, 2.05) is 12.1 Å². The van der Waals surface area contributed by atoms with E-state index in [4.69, 9.17) is 0 Å². The van der Waals surface area contributed by atoms with Gasteiger partial charge in [-0.3, -0.25) is 4.79 Å². The summed E-state index contributed by atoms with van der Waals surface area (Å²) in [4.78, 5) is 13.1. The van der Waals surface area contributed by atoms with Crippen molar-refractivity contribution in [3.8, 4) is 11.8 Å². The van der Waals surface area contributed by atoms with E-state index in [-0.39, 0.29) is 5.12 Å². The summed E-state index contributed by atoms with van der Waals surface area (Å²) in [5.74, 6) is 6.64. The van der Waals surface area contributed by atoms with E-state index in [9.17, 15) is 4.79 Å². The maximum atomic E-state index is 10.8. The number of rotatable bonds is 2. The first kappa shape index (κ1) is 14.0. The number of nitrogens with zero attached hydrogens (tertiary/aromatic N) is 1. The van der Waals surface area contributed by atoms with E-state index in [1.165, 1.54) is 17.4 Å². The van der Waals surface area contributed by atoms with E-state index in [1.54, 1.807) is 6.92 Å². The van der Waals surface area contributed by atoms with Gasteiger partial charge in [-0.1, -0.05) is 23.6 Å². The molecule has 2 rings (SSSR count). The molecule has 1 saturated heterocycles. The van der Waals surface area contributed by atoms with Crippen LogP contribution >= 0.6 is 11.8 Å². The Morgan fingerprint density at radius 1 is 1.32 bits per heavy atom. The van der Waals surface area contributed by atoms with Crippen LogP contribution in [0.2, 0.25) is 0 Å². The number of benzene rings is 1. The number of hydrogen-bond acceptors (Lipinski definition) is 4. The largest absolute Gasteiger partial charge is 0.369 e. The van der Waals surface area contributed by atoms with Crippen LogP contribution in [-0.2, 0) is 4.79 Å². The van der Waals surface area contributed by atoms with E-state index >= 15 is 0 Å². The molecule has 0 unspecified atom stereocenters. The summed E-state index contributed by atoms with van der Waals surface area (Å²) in [5, 5.41) is 3.46. The molecular weight excluding hydrogens is 256 g/mol. The first-order valence-electron chi connectivity index (χ1n) is 6.44. The van der Waals surface area contributed by atoms with Crippen molar-refractivity contribution in [1.82, 2.24) is 5.32 Å². The molecule has 100 valence electrons. The van der Waals surface area contributed by atoms with E-state index < -0.39 is 0 Å². The second-order valence-electron chi connectivity index (χ2n) is 4.37. The fourth-order valence-electron chi connectivity index (χ4n) is 1.95. The molecule has 1 fully saturated rings. The summed E-state index contributed by atoms with van der Waals surface area (Å²) >= 11 is 1.25. The summed E-state index contributed by atoms with van der Waals surface area (Å²) in [6, 6.07) is 8.33. The second kappa shape index (κ2) is 7.22. The fraction of sp³-hybridized carbons (Fsp3) is 0.400. The normalized spacial score (nSPS) is 14.7. The van der Waals surface area contributed by atoms with Gasteiger partial charge in [-0.15, -0.1) is 0 Å². The standard InChI is InChI=1S/C15H18N2OS/c1-13(18)19-12-2-3-14-4-6-15(7-5-14)17-10-8-16-9-11-17/h4-7,16H,8-12H2,1H3. The highest BCUT2D eigenvalue weighted by molar-refractivity contribution is 8.13. The van der Waals surface area contributed by atoms with Gasteiger partial charge < -0.3 is 10.2 Å². The summed E-state index contributed by atoms with van der Waals surface area (Å²) in [6.07, 6.45) is 0. The lowest BCUT2D eigenvalue weighted by atomic mass is 10.2. The Hall–Kier alpha value is -1.44. The minimum absolute atomic E-state index is 0.114. The minimum atomic E-state index is 0.114. The van der Waals surface area contributed by atoms with Crippen molar-refractivity contribution in [2.45, 2.75) is 6.92 Å². The highest BCUT2D eigenvalue weighted by Gasteiger charge is 2.09. The van der Waals surface area contributed by atoms with Crippen LogP contribution in [0.1, 0.15) is 12.5 Å². The highest BCUT2D eigenvalue weighted by atomic mass is 32.2. The summed E-state index contributed by atoms with van der Waals surface area (Å²) in [6.45, 7) is 5.77. The Bertz CT molecular complexity index is 481. The van der Waals surface area contributed by atoms with E-state index in [2.05, 4.69) is 34.2 Å². The molecule has 0 aromatic heterocycles. The molecule has 19 heavy (non-hydrogen) atoms. The number of nitrogens with one attached hydrogen (secondary N) is 1. The van der Waals surface area contributed by atoms with Crippen molar-refractivity contribution in [3.63, 3.8) is 0 Å². The smallest absolute Gasteiger partial charge is 0.186 e. The minimum Gasteiger partial charge on any atom is -0.369 e. The Morgan fingerprint density at radius 2 is 2.00 bits per heavy atom.